The Balaban J connectivity index is 1.55. The third kappa shape index (κ3) is 3.76. The van der Waals surface area contributed by atoms with Gasteiger partial charge in [-0.1, -0.05) is 30.3 Å². The SMILES string of the molecule is CC(C)n1c(C2CCCN(C(=O)c3csc(-c4ccccc4)n3)C2)nn(C)c1=O. The summed E-state index contributed by atoms with van der Waals surface area (Å²) in [6, 6.07) is 9.92. The highest BCUT2D eigenvalue weighted by Gasteiger charge is 2.31. The standard InChI is InChI=1S/C21H25N5O2S/c1-14(2)26-18(23-24(3)21(26)28)16-10-7-11-25(12-16)20(27)17-13-29-19(22-17)15-8-5-4-6-9-15/h4-6,8-9,13-14,16H,7,10-12H2,1-3H3. The van der Waals surface area contributed by atoms with E-state index in [4.69, 9.17) is 0 Å². The van der Waals surface area contributed by atoms with Gasteiger partial charge < -0.3 is 4.90 Å². The zero-order valence-corrected chi connectivity index (χ0v) is 17.7. The summed E-state index contributed by atoms with van der Waals surface area (Å²) in [6.07, 6.45) is 1.80. The Labute approximate surface area is 173 Å². The summed E-state index contributed by atoms with van der Waals surface area (Å²) in [5.41, 5.74) is 1.39. The van der Waals surface area contributed by atoms with E-state index in [2.05, 4.69) is 10.1 Å². The second-order valence-corrected chi connectivity index (χ2v) is 8.58. The Kier molecular flexibility index (Phi) is 5.36. The average molecular weight is 412 g/mol. The Morgan fingerprint density at radius 1 is 1.24 bits per heavy atom. The van der Waals surface area contributed by atoms with Crippen LogP contribution in [0.5, 0.6) is 0 Å². The fraction of sp³-hybridized carbons (Fsp3) is 0.429. The van der Waals surface area contributed by atoms with Crippen molar-refractivity contribution in [3.8, 4) is 10.6 Å². The number of thiazole rings is 1. The highest BCUT2D eigenvalue weighted by atomic mass is 32.1. The maximum Gasteiger partial charge on any atom is 0.345 e. The summed E-state index contributed by atoms with van der Waals surface area (Å²) in [6.45, 7) is 5.23. The molecule has 1 amide bonds. The number of nitrogens with zero attached hydrogens (tertiary/aromatic N) is 5. The number of amides is 1. The van der Waals surface area contributed by atoms with Crippen LogP contribution in [0.4, 0.5) is 0 Å². The average Bonchev–Trinajstić information content (AvgIpc) is 3.34. The van der Waals surface area contributed by atoms with Gasteiger partial charge in [0.1, 0.15) is 16.5 Å². The van der Waals surface area contributed by atoms with Gasteiger partial charge in [0, 0.05) is 43.0 Å². The van der Waals surface area contributed by atoms with E-state index in [9.17, 15) is 9.59 Å². The van der Waals surface area contributed by atoms with E-state index in [0.717, 1.165) is 29.2 Å². The van der Waals surface area contributed by atoms with Gasteiger partial charge in [-0.3, -0.25) is 9.36 Å². The van der Waals surface area contributed by atoms with Crippen molar-refractivity contribution in [2.75, 3.05) is 13.1 Å². The molecule has 8 heteroatoms. The van der Waals surface area contributed by atoms with E-state index >= 15 is 0 Å². The highest BCUT2D eigenvalue weighted by Crippen LogP contribution is 2.29. The molecule has 1 unspecified atom stereocenters. The van der Waals surface area contributed by atoms with Crippen molar-refractivity contribution < 1.29 is 4.79 Å². The van der Waals surface area contributed by atoms with Crippen LogP contribution in [0.1, 0.15) is 55.0 Å². The lowest BCUT2D eigenvalue weighted by Gasteiger charge is -2.32. The number of aryl methyl sites for hydroxylation is 1. The van der Waals surface area contributed by atoms with Crippen LogP contribution in [0.3, 0.4) is 0 Å². The molecule has 0 radical (unpaired) electrons. The van der Waals surface area contributed by atoms with Crippen LogP contribution in [0.15, 0.2) is 40.5 Å². The lowest BCUT2D eigenvalue weighted by atomic mass is 9.96. The molecule has 0 aliphatic carbocycles. The van der Waals surface area contributed by atoms with E-state index < -0.39 is 0 Å². The van der Waals surface area contributed by atoms with Crippen LogP contribution < -0.4 is 5.69 Å². The molecule has 7 nitrogen and oxygen atoms in total. The highest BCUT2D eigenvalue weighted by molar-refractivity contribution is 7.13. The van der Waals surface area contributed by atoms with Gasteiger partial charge in [0.15, 0.2) is 0 Å². The summed E-state index contributed by atoms with van der Waals surface area (Å²) in [5, 5.41) is 7.16. The molecule has 2 aromatic heterocycles. The zero-order chi connectivity index (χ0) is 20.5. The third-order valence-electron chi connectivity index (χ3n) is 5.32. The Hall–Kier alpha value is -2.74. The summed E-state index contributed by atoms with van der Waals surface area (Å²) in [4.78, 5) is 31.9. The van der Waals surface area contributed by atoms with Gasteiger partial charge in [-0.2, -0.15) is 5.10 Å². The second kappa shape index (κ2) is 7.94. The fourth-order valence-corrected chi connectivity index (χ4v) is 4.68. The zero-order valence-electron chi connectivity index (χ0n) is 16.9. The van der Waals surface area contributed by atoms with E-state index in [1.165, 1.54) is 16.0 Å². The fourth-order valence-electron chi connectivity index (χ4n) is 3.88. The molecule has 29 heavy (non-hydrogen) atoms. The molecule has 152 valence electrons. The predicted molar refractivity (Wildman–Crippen MR) is 113 cm³/mol. The van der Waals surface area contributed by atoms with E-state index in [0.29, 0.717) is 18.8 Å². The van der Waals surface area contributed by atoms with Gasteiger partial charge in [0.25, 0.3) is 5.91 Å². The first-order valence-electron chi connectivity index (χ1n) is 9.91. The Morgan fingerprint density at radius 2 is 2.00 bits per heavy atom. The molecule has 4 rings (SSSR count). The van der Waals surface area contributed by atoms with E-state index in [-0.39, 0.29) is 23.6 Å². The molecule has 1 aliphatic heterocycles. The number of aromatic nitrogens is 4. The van der Waals surface area contributed by atoms with Crippen molar-refractivity contribution in [3.63, 3.8) is 0 Å². The van der Waals surface area contributed by atoms with Crippen LogP contribution in [-0.4, -0.2) is 43.2 Å². The third-order valence-corrected chi connectivity index (χ3v) is 6.21. The minimum atomic E-state index is -0.106. The number of hydrogen-bond donors (Lipinski definition) is 0. The predicted octanol–water partition coefficient (Wildman–Crippen LogP) is 3.31. The van der Waals surface area contributed by atoms with Crippen LogP contribution in [-0.2, 0) is 7.05 Å². The van der Waals surface area contributed by atoms with Gasteiger partial charge in [-0.05, 0) is 26.7 Å². The molecule has 0 N–H and O–H groups in total. The van der Waals surface area contributed by atoms with Crippen molar-refractivity contribution >= 4 is 17.2 Å². The summed E-state index contributed by atoms with van der Waals surface area (Å²) >= 11 is 1.48. The topological polar surface area (TPSA) is 73.0 Å². The van der Waals surface area contributed by atoms with E-state index in [1.807, 2.05) is 54.5 Å². The Bertz CT molecular complexity index is 1070. The van der Waals surface area contributed by atoms with Gasteiger partial charge in [-0.25, -0.2) is 14.5 Å². The lowest BCUT2D eigenvalue weighted by molar-refractivity contribution is 0.0697. The van der Waals surface area contributed by atoms with Crippen LogP contribution in [0, 0.1) is 0 Å². The van der Waals surface area contributed by atoms with Crippen molar-refractivity contribution in [2.45, 2.75) is 38.6 Å². The molecular formula is C21H25N5O2S. The molecule has 1 atom stereocenters. The van der Waals surface area contributed by atoms with Gasteiger partial charge in [-0.15, -0.1) is 11.3 Å². The summed E-state index contributed by atoms with van der Waals surface area (Å²) in [5.74, 6) is 0.770. The first-order chi connectivity index (χ1) is 14.0. The first kappa shape index (κ1) is 19.6. The molecular weight excluding hydrogens is 386 g/mol. The van der Waals surface area contributed by atoms with Crippen molar-refractivity contribution in [2.24, 2.45) is 7.05 Å². The smallest absolute Gasteiger partial charge is 0.337 e. The largest absolute Gasteiger partial charge is 0.345 e. The molecule has 0 bridgehead atoms. The molecule has 1 aromatic carbocycles. The molecule has 0 saturated carbocycles. The molecule has 1 aliphatic rings. The van der Waals surface area contributed by atoms with E-state index in [1.54, 1.807) is 11.6 Å². The summed E-state index contributed by atoms with van der Waals surface area (Å²) in [7, 11) is 1.68. The number of carbonyl (C=O) groups excluding carboxylic acids is 1. The normalized spacial score (nSPS) is 17.1. The quantitative estimate of drug-likeness (QED) is 0.660. The number of hydrogen-bond acceptors (Lipinski definition) is 5. The summed E-state index contributed by atoms with van der Waals surface area (Å²) < 4.78 is 3.14. The van der Waals surface area contributed by atoms with Crippen LogP contribution >= 0.6 is 11.3 Å². The van der Waals surface area contributed by atoms with Gasteiger partial charge in [0.2, 0.25) is 0 Å². The lowest BCUT2D eigenvalue weighted by Crippen LogP contribution is -2.40. The maximum atomic E-state index is 13.1. The number of rotatable bonds is 4. The van der Waals surface area contributed by atoms with Gasteiger partial charge >= 0.3 is 5.69 Å². The number of carbonyl (C=O) groups is 1. The number of piperidine rings is 1. The van der Waals surface area contributed by atoms with Crippen molar-refractivity contribution in [1.29, 1.82) is 0 Å². The maximum absolute atomic E-state index is 13.1. The van der Waals surface area contributed by atoms with Crippen LogP contribution in [0.25, 0.3) is 10.6 Å². The number of benzene rings is 1. The monoisotopic (exact) mass is 411 g/mol. The molecule has 3 heterocycles. The molecule has 1 fully saturated rings. The first-order valence-corrected chi connectivity index (χ1v) is 10.8. The molecule has 0 spiro atoms. The van der Waals surface area contributed by atoms with Crippen molar-refractivity contribution in [1.82, 2.24) is 24.2 Å². The Morgan fingerprint density at radius 3 is 2.72 bits per heavy atom. The molecule has 3 aromatic rings. The minimum Gasteiger partial charge on any atom is -0.337 e. The van der Waals surface area contributed by atoms with Crippen LogP contribution in [0.2, 0.25) is 0 Å². The number of likely N-dealkylation sites (tertiary alicyclic amines) is 1. The van der Waals surface area contributed by atoms with Gasteiger partial charge in [0.05, 0.1) is 0 Å². The molecule has 1 saturated heterocycles. The van der Waals surface area contributed by atoms with Crippen molar-refractivity contribution in [3.05, 3.63) is 57.7 Å². The second-order valence-electron chi connectivity index (χ2n) is 7.72. The minimum absolute atomic E-state index is 0.0317.